The fourth-order valence-electron chi connectivity index (χ4n) is 3.61. The number of aliphatic hydroxyl groups is 1. The number of hydrogen-bond donors (Lipinski definition) is 2. The van der Waals surface area contributed by atoms with Crippen LogP contribution in [-0.2, 0) is 4.74 Å². The number of aromatic hydroxyl groups is 1. The fraction of sp³-hybridized carbons (Fsp3) is 0.588. The second kappa shape index (κ2) is 5.76. The van der Waals surface area contributed by atoms with E-state index in [-0.39, 0.29) is 22.8 Å². The summed E-state index contributed by atoms with van der Waals surface area (Å²) in [6.45, 7) is 3.28. The summed E-state index contributed by atoms with van der Waals surface area (Å²) in [5.74, 6) is -1.29. The number of phenols is 1. The molecular formula is C17H22FNO4. The Morgan fingerprint density at radius 1 is 1.30 bits per heavy atom. The van der Waals surface area contributed by atoms with Gasteiger partial charge in [-0.25, -0.2) is 4.39 Å². The molecule has 2 N–H and O–H groups in total. The van der Waals surface area contributed by atoms with Gasteiger partial charge in [-0.2, -0.15) is 0 Å². The Morgan fingerprint density at radius 2 is 2.00 bits per heavy atom. The molecule has 2 saturated heterocycles. The molecule has 0 aliphatic carbocycles. The van der Waals surface area contributed by atoms with E-state index in [1.165, 1.54) is 12.1 Å². The van der Waals surface area contributed by atoms with Gasteiger partial charge in [0, 0.05) is 25.6 Å². The van der Waals surface area contributed by atoms with Crippen LogP contribution in [0.2, 0.25) is 0 Å². The van der Waals surface area contributed by atoms with Crippen LogP contribution in [0.1, 0.15) is 43.0 Å². The van der Waals surface area contributed by atoms with Crippen LogP contribution in [-0.4, -0.2) is 51.9 Å². The van der Waals surface area contributed by atoms with Crippen molar-refractivity contribution in [3.63, 3.8) is 0 Å². The minimum Gasteiger partial charge on any atom is -0.508 e. The average Bonchev–Trinajstić information content (AvgIpc) is 2.46. The number of likely N-dealkylation sites (tertiary alicyclic amines) is 1. The predicted molar refractivity (Wildman–Crippen MR) is 81.7 cm³/mol. The van der Waals surface area contributed by atoms with Crippen molar-refractivity contribution in [1.29, 1.82) is 0 Å². The Bertz CT molecular complexity index is 609. The molecule has 5 nitrogen and oxygen atoms in total. The summed E-state index contributed by atoms with van der Waals surface area (Å²) < 4.78 is 19.8. The van der Waals surface area contributed by atoms with Gasteiger partial charge < -0.3 is 19.8 Å². The molecule has 0 aromatic heterocycles. The van der Waals surface area contributed by atoms with E-state index >= 15 is 0 Å². The van der Waals surface area contributed by atoms with Crippen molar-refractivity contribution in [3.8, 4) is 5.75 Å². The average molecular weight is 323 g/mol. The Labute approximate surface area is 134 Å². The number of benzene rings is 1. The number of amides is 1. The first kappa shape index (κ1) is 16.2. The highest BCUT2D eigenvalue weighted by Crippen LogP contribution is 2.39. The maximum Gasteiger partial charge on any atom is 0.256 e. The van der Waals surface area contributed by atoms with E-state index < -0.39 is 11.4 Å². The molecule has 2 heterocycles. The molecule has 0 radical (unpaired) electrons. The lowest BCUT2D eigenvalue weighted by Crippen LogP contribution is -2.54. The van der Waals surface area contributed by atoms with E-state index in [2.05, 4.69) is 0 Å². The SMILES string of the molecule is CC1(O)CCOC2(CCN(C(=O)c3ccc(O)cc3F)CC2)C1. The number of rotatable bonds is 1. The van der Waals surface area contributed by atoms with Gasteiger partial charge >= 0.3 is 0 Å². The van der Waals surface area contributed by atoms with E-state index in [0.29, 0.717) is 45.4 Å². The van der Waals surface area contributed by atoms with Crippen LogP contribution in [0.5, 0.6) is 5.75 Å². The quantitative estimate of drug-likeness (QED) is 0.830. The molecule has 6 heteroatoms. The van der Waals surface area contributed by atoms with Gasteiger partial charge in [0.2, 0.25) is 0 Å². The summed E-state index contributed by atoms with van der Waals surface area (Å²) in [5, 5.41) is 19.5. The van der Waals surface area contributed by atoms with Crippen molar-refractivity contribution in [2.45, 2.75) is 43.8 Å². The smallest absolute Gasteiger partial charge is 0.256 e. The highest BCUT2D eigenvalue weighted by molar-refractivity contribution is 5.94. The summed E-state index contributed by atoms with van der Waals surface area (Å²) in [6.07, 6.45) is 2.45. The minimum absolute atomic E-state index is 0.0321. The van der Waals surface area contributed by atoms with Crippen molar-refractivity contribution in [3.05, 3.63) is 29.6 Å². The first-order chi connectivity index (χ1) is 10.8. The van der Waals surface area contributed by atoms with Gasteiger partial charge in [0.05, 0.1) is 23.4 Å². The molecule has 1 atom stereocenters. The molecule has 1 amide bonds. The molecule has 1 aromatic carbocycles. The van der Waals surface area contributed by atoms with Crippen LogP contribution in [0, 0.1) is 5.82 Å². The number of ether oxygens (including phenoxy) is 1. The molecule has 0 saturated carbocycles. The zero-order valence-electron chi connectivity index (χ0n) is 13.2. The van der Waals surface area contributed by atoms with E-state index in [4.69, 9.17) is 4.74 Å². The van der Waals surface area contributed by atoms with Gasteiger partial charge in [-0.05, 0) is 38.3 Å². The Balaban J connectivity index is 1.68. The Hall–Kier alpha value is -1.66. The predicted octanol–water partition coefficient (Wildman–Crippen LogP) is 2.07. The van der Waals surface area contributed by atoms with Crippen molar-refractivity contribution >= 4 is 5.91 Å². The summed E-state index contributed by atoms with van der Waals surface area (Å²) in [7, 11) is 0. The number of carbonyl (C=O) groups is 1. The van der Waals surface area contributed by atoms with Crippen LogP contribution >= 0.6 is 0 Å². The number of nitrogens with zero attached hydrogens (tertiary/aromatic N) is 1. The van der Waals surface area contributed by atoms with Gasteiger partial charge in [-0.1, -0.05) is 0 Å². The molecule has 0 bridgehead atoms. The van der Waals surface area contributed by atoms with Crippen LogP contribution < -0.4 is 0 Å². The lowest BCUT2D eigenvalue weighted by molar-refractivity contribution is -0.170. The molecule has 1 unspecified atom stereocenters. The third-order valence-electron chi connectivity index (χ3n) is 4.90. The van der Waals surface area contributed by atoms with E-state index in [1.807, 2.05) is 6.92 Å². The lowest BCUT2D eigenvalue weighted by Gasteiger charge is -2.48. The third kappa shape index (κ3) is 3.33. The molecule has 126 valence electrons. The van der Waals surface area contributed by atoms with Gasteiger partial charge in [0.1, 0.15) is 11.6 Å². The number of phenolic OH excluding ortho intramolecular Hbond substituents is 1. The van der Waals surface area contributed by atoms with Crippen LogP contribution in [0.25, 0.3) is 0 Å². The molecule has 23 heavy (non-hydrogen) atoms. The first-order valence-corrected chi connectivity index (χ1v) is 7.94. The summed E-state index contributed by atoms with van der Waals surface area (Å²) >= 11 is 0. The van der Waals surface area contributed by atoms with Gasteiger partial charge in [-0.3, -0.25) is 4.79 Å². The van der Waals surface area contributed by atoms with E-state index in [0.717, 1.165) is 6.07 Å². The minimum atomic E-state index is -0.729. The number of carbonyl (C=O) groups excluding carboxylic acids is 1. The maximum atomic E-state index is 13.8. The molecule has 2 aliphatic rings. The first-order valence-electron chi connectivity index (χ1n) is 7.94. The van der Waals surface area contributed by atoms with Crippen molar-refractivity contribution < 1.29 is 24.1 Å². The second-order valence-corrected chi connectivity index (χ2v) is 6.91. The van der Waals surface area contributed by atoms with Crippen LogP contribution in [0.15, 0.2) is 18.2 Å². The van der Waals surface area contributed by atoms with Crippen molar-refractivity contribution in [2.75, 3.05) is 19.7 Å². The standard InChI is InChI=1S/C17H22FNO4/c1-16(22)6-9-23-17(11-16)4-7-19(8-5-17)15(21)13-3-2-12(20)10-14(13)18/h2-3,10,20,22H,4-9,11H2,1H3. The van der Waals surface area contributed by atoms with Gasteiger partial charge in [0.15, 0.2) is 0 Å². The molecule has 2 aliphatic heterocycles. The summed E-state index contributed by atoms with van der Waals surface area (Å²) in [4.78, 5) is 14.0. The zero-order chi connectivity index (χ0) is 16.7. The van der Waals surface area contributed by atoms with Gasteiger partial charge in [0.25, 0.3) is 5.91 Å². The molecular weight excluding hydrogens is 301 g/mol. The Kier molecular flexibility index (Phi) is 4.06. The fourth-order valence-corrected chi connectivity index (χ4v) is 3.61. The number of halogens is 1. The highest BCUT2D eigenvalue weighted by atomic mass is 19.1. The topological polar surface area (TPSA) is 70.0 Å². The summed E-state index contributed by atoms with van der Waals surface area (Å²) in [6, 6.07) is 3.56. The molecule has 3 rings (SSSR count). The van der Waals surface area contributed by atoms with E-state index in [1.54, 1.807) is 4.90 Å². The number of piperidine rings is 1. The normalized spacial score (nSPS) is 27.2. The molecule has 2 fully saturated rings. The lowest BCUT2D eigenvalue weighted by atomic mass is 9.78. The molecule has 1 spiro atoms. The van der Waals surface area contributed by atoms with Crippen molar-refractivity contribution in [2.24, 2.45) is 0 Å². The highest BCUT2D eigenvalue weighted by Gasteiger charge is 2.45. The summed E-state index contributed by atoms with van der Waals surface area (Å²) in [5.41, 5.74) is -1.14. The maximum absolute atomic E-state index is 13.8. The number of hydrogen-bond acceptors (Lipinski definition) is 4. The van der Waals surface area contributed by atoms with Gasteiger partial charge in [-0.15, -0.1) is 0 Å². The Morgan fingerprint density at radius 3 is 2.61 bits per heavy atom. The largest absolute Gasteiger partial charge is 0.508 e. The zero-order valence-corrected chi connectivity index (χ0v) is 13.2. The van der Waals surface area contributed by atoms with Crippen LogP contribution in [0.4, 0.5) is 4.39 Å². The molecule has 1 aromatic rings. The third-order valence-corrected chi connectivity index (χ3v) is 4.90. The van der Waals surface area contributed by atoms with E-state index in [9.17, 15) is 19.4 Å². The monoisotopic (exact) mass is 323 g/mol. The second-order valence-electron chi connectivity index (χ2n) is 6.91. The van der Waals surface area contributed by atoms with Crippen LogP contribution in [0.3, 0.4) is 0 Å². The van der Waals surface area contributed by atoms with Crippen molar-refractivity contribution in [1.82, 2.24) is 4.90 Å².